The molecule has 88 valence electrons. The number of thiocarbonyl (C=S) groups is 1. The zero-order valence-electron chi connectivity index (χ0n) is 8.06. The number of nitrogens with two attached hydrogens (primary N) is 1. The number of halogens is 3. The molecule has 0 bridgehead atoms. The van der Waals surface area contributed by atoms with Gasteiger partial charge in [0.15, 0.2) is 0 Å². The molecular formula is C8H13F3N2OS. The van der Waals surface area contributed by atoms with Crippen LogP contribution in [-0.2, 0) is 4.79 Å². The number of carbonyl (C=O) groups is 1. The zero-order valence-corrected chi connectivity index (χ0v) is 8.88. The van der Waals surface area contributed by atoms with E-state index in [2.05, 4.69) is 17.5 Å². The smallest absolute Gasteiger partial charge is 0.389 e. The van der Waals surface area contributed by atoms with Gasteiger partial charge >= 0.3 is 6.18 Å². The Morgan fingerprint density at radius 3 is 2.40 bits per heavy atom. The van der Waals surface area contributed by atoms with E-state index in [1.54, 1.807) is 0 Å². The summed E-state index contributed by atoms with van der Waals surface area (Å²) in [7, 11) is 0. The second-order valence-corrected chi connectivity index (χ2v) is 3.56. The highest BCUT2D eigenvalue weighted by Crippen LogP contribution is 2.20. The molecule has 0 fully saturated rings. The van der Waals surface area contributed by atoms with Crippen molar-refractivity contribution in [2.45, 2.75) is 31.9 Å². The van der Waals surface area contributed by atoms with Crippen LogP contribution in [0.2, 0.25) is 0 Å². The molecule has 0 aliphatic rings. The highest BCUT2D eigenvalue weighted by molar-refractivity contribution is 7.80. The van der Waals surface area contributed by atoms with Crippen LogP contribution in [0.1, 0.15) is 25.7 Å². The lowest BCUT2D eigenvalue weighted by Crippen LogP contribution is -2.26. The van der Waals surface area contributed by atoms with Crippen molar-refractivity contribution in [1.82, 2.24) is 5.32 Å². The maximum Gasteiger partial charge on any atom is 0.389 e. The first kappa shape index (κ1) is 14.2. The van der Waals surface area contributed by atoms with Gasteiger partial charge in [-0.15, -0.1) is 0 Å². The van der Waals surface area contributed by atoms with E-state index in [0.29, 0.717) is 24.4 Å². The number of rotatable bonds is 6. The standard InChI is InChI=1S/C8H13F3N2OS/c9-8(10,11)4-3-7(14)13-5-1-2-6(12)15/h1-5H2,(H2,12,15)(H,13,14). The summed E-state index contributed by atoms with van der Waals surface area (Å²) in [6, 6.07) is 0. The number of nitrogens with one attached hydrogen (secondary N) is 1. The van der Waals surface area contributed by atoms with E-state index >= 15 is 0 Å². The van der Waals surface area contributed by atoms with Gasteiger partial charge in [0, 0.05) is 13.0 Å². The van der Waals surface area contributed by atoms with Crippen LogP contribution in [0.25, 0.3) is 0 Å². The highest BCUT2D eigenvalue weighted by Gasteiger charge is 2.27. The van der Waals surface area contributed by atoms with Crippen LogP contribution in [0.4, 0.5) is 13.2 Å². The summed E-state index contributed by atoms with van der Waals surface area (Å²) in [5.74, 6) is -0.602. The molecule has 3 nitrogen and oxygen atoms in total. The number of carbonyl (C=O) groups excluding carboxylic acids is 1. The molecule has 0 atom stereocenters. The lowest BCUT2D eigenvalue weighted by Gasteiger charge is -2.06. The molecule has 0 unspecified atom stereocenters. The third-order valence-electron chi connectivity index (χ3n) is 1.56. The Morgan fingerprint density at radius 2 is 1.93 bits per heavy atom. The highest BCUT2D eigenvalue weighted by atomic mass is 32.1. The molecule has 1 amide bonds. The number of amides is 1. The Morgan fingerprint density at radius 1 is 1.33 bits per heavy atom. The van der Waals surface area contributed by atoms with Crippen LogP contribution in [0.15, 0.2) is 0 Å². The first-order valence-corrected chi connectivity index (χ1v) is 4.84. The van der Waals surface area contributed by atoms with Crippen molar-refractivity contribution < 1.29 is 18.0 Å². The molecule has 0 aromatic carbocycles. The topological polar surface area (TPSA) is 55.1 Å². The van der Waals surface area contributed by atoms with Gasteiger partial charge in [0.05, 0.1) is 11.4 Å². The Kier molecular flexibility index (Phi) is 6.23. The summed E-state index contributed by atoms with van der Waals surface area (Å²) in [5.41, 5.74) is 5.20. The predicted molar refractivity (Wildman–Crippen MR) is 54.3 cm³/mol. The first-order chi connectivity index (χ1) is 6.81. The second kappa shape index (κ2) is 6.60. The molecule has 3 N–H and O–H groups in total. The Bertz CT molecular complexity index is 230. The van der Waals surface area contributed by atoms with Gasteiger partial charge < -0.3 is 11.1 Å². The summed E-state index contributed by atoms with van der Waals surface area (Å²) in [6.45, 7) is 0.300. The van der Waals surface area contributed by atoms with Gasteiger partial charge in [-0.3, -0.25) is 4.79 Å². The molecule has 0 saturated carbocycles. The number of hydrogen-bond donors (Lipinski definition) is 2. The van der Waals surface area contributed by atoms with Crippen molar-refractivity contribution in [3.05, 3.63) is 0 Å². The zero-order chi connectivity index (χ0) is 11.9. The summed E-state index contributed by atoms with van der Waals surface area (Å²) in [4.78, 5) is 11.2. The Balaban J connectivity index is 3.46. The van der Waals surface area contributed by atoms with Crippen LogP contribution in [0, 0.1) is 0 Å². The van der Waals surface area contributed by atoms with Crippen molar-refractivity contribution in [1.29, 1.82) is 0 Å². The molecule has 0 radical (unpaired) electrons. The van der Waals surface area contributed by atoms with Crippen molar-refractivity contribution in [3.8, 4) is 0 Å². The van der Waals surface area contributed by atoms with Crippen molar-refractivity contribution in [2.75, 3.05) is 6.54 Å². The van der Waals surface area contributed by atoms with Crippen LogP contribution < -0.4 is 11.1 Å². The summed E-state index contributed by atoms with van der Waals surface area (Å²) in [5, 5.41) is 2.36. The third kappa shape index (κ3) is 11.1. The molecule has 15 heavy (non-hydrogen) atoms. The van der Waals surface area contributed by atoms with E-state index in [-0.39, 0.29) is 0 Å². The maximum absolute atomic E-state index is 11.7. The molecule has 0 spiro atoms. The number of alkyl halides is 3. The first-order valence-electron chi connectivity index (χ1n) is 4.43. The van der Waals surface area contributed by atoms with Crippen LogP contribution in [-0.4, -0.2) is 23.6 Å². The van der Waals surface area contributed by atoms with Crippen molar-refractivity contribution in [2.24, 2.45) is 5.73 Å². The maximum atomic E-state index is 11.7. The van der Waals surface area contributed by atoms with E-state index in [0.717, 1.165) is 0 Å². The van der Waals surface area contributed by atoms with E-state index in [1.165, 1.54) is 0 Å². The molecule has 0 heterocycles. The average molecular weight is 242 g/mol. The van der Waals surface area contributed by atoms with E-state index < -0.39 is 24.9 Å². The van der Waals surface area contributed by atoms with Crippen molar-refractivity contribution >= 4 is 23.1 Å². The fourth-order valence-corrected chi connectivity index (χ4v) is 0.978. The van der Waals surface area contributed by atoms with E-state index in [4.69, 9.17) is 5.73 Å². The second-order valence-electron chi connectivity index (χ2n) is 3.03. The fraction of sp³-hybridized carbons (Fsp3) is 0.750. The largest absolute Gasteiger partial charge is 0.393 e. The van der Waals surface area contributed by atoms with Crippen molar-refractivity contribution in [3.63, 3.8) is 0 Å². The Labute approximate surface area is 91.2 Å². The SMILES string of the molecule is NC(=S)CCCNC(=O)CCC(F)(F)F. The minimum absolute atomic E-state index is 0.300. The van der Waals surface area contributed by atoms with E-state index in [1.807, 2.05) is 0 Å². The molecule has 0 aromatic heterocycles. The molecule has 7 heteroatoms. The van der Waals surface area contributed by atoms with Crippen LogP contribution in [0.5, 0.6) is 0 Å². The molecule has 0 aliphatic carbocycles. The predicted octanol–water partition coefficient (Wildman–Crippen LogP) is 1.51. The molecule has 0 saturated heterocycles. The summed E-state index contributed by atoms with van der Waals surface area (Å²) in [6.07, 6.45) is -4.87. The lowest BCUT2D eigenvalue weighted by molar-refractivity contribution is -0.144. The Hall–Kier alpha value is -0.850. The quantitative estimate of drug-likeness (QED) is 0.548. The fourth-order valence-electron chi connectivity index (χ4n) is 0.834. The van der Waals surface area contributed by atoms with Crippen LogP contribution in [0.3, 0.4) is 0 Å². The van der Waals surface area contributed by atoms with Gasteiger partial charge in [-0.2, -0.15) is 13.2 Å². The average Bonchev–Trinajstić information content (AvgIpc) is 2.07. The van der Waals surface area contributed by atoms with Crippen LogP contribution >= 0.6 is 12.2 Å². The van der Waals surface area contributed by atoms with Gasteiger partial charge in [0.25, 0.3) is 0 Å². The molecular weight excluding hydrogens is 229 g/mol. The molecule has 0 aliphatic heterocycles. The number of hydrogen-bond acceptors (Lipinski definition) is 2. The van der Waals surface area contributed by atoms with Gasteiger partial charge in [-0.1, -0.05) is 12.2 Å². The minimum Gasteiger partial charge on any atom is -0.393 e. The van der Waals surface area contributed by atoms with Gasteiger partial charge in [-0.25, -0.2) is 0 Å². The monoisotopic (exact) mass is 242 g/mol. The lowest BCUT2D eigenvalue weighted by atomic mass is 10.2. The summed E-state index contributed by atoms with van der Waals surface area (Å²) >= 11 is 4.59. The van der Waals surface area contributed by atoms with E-state index in [9.17, 15) is 18.0 Å². The summed E-state index contributed by atoms with van der Waals surface area (Å²) < 4.78 is 35.1. The third-order valence-corrected chi connectivity index (χ3v) is 1.76. The van der Waals surface area contributed by atoms with Gasteiger partial charge in [0.2, 0.25) is 5.91 Å². The van der Waals surface area contributed by atoms with Gasteiger partial charge in [0.1, 0.15) is 0 Å². The van der Waals surface area contributed by atoms with Gasteiger partial charge in [-0.05, 0) is 12.8 Å². The molecule has 0 rings (SSSR count). The molecule has 0 aromatic rings. The minimum atomic E-state index is -4.28. The normalized spacial score (nSPS) is 11.1.